The molecule has 0 bridgehead atoms. The summed E-state index contributed by atoms with van der Waals surface area (Å²) in [5, 5.41) is 3.21. The summed E-state index contributed by atoms with van der Waals surface area (Å²) in [6.45, 7) is 7.14. The molecule has 1 atom stereocenters. The van der Waals surface area contributed by atoms with Crippen LogP contribution in [-0.4, -0.2) is 56.6 Å². The van der Waals surface area contributed by atoms with E-state index in [1.54, 1.807) is 6.07 Å². The first-order valence-electron chi connectivity index (χ1n) is 13.2. The number of halogens is 1. The maximum Gasteiger partial charge on any atom is 0.244 e. The molecule has 10 heteroatoms. The summed E-state index contributed by atoms with van der Waals surface area (Å²) in [7, 11) is -2.45. The molecule has 0 fully saturated rings. The van der Waals surface area contributed by atoms with Gasteiger partial charge < -0.3 is 15.0 Å². The number of nitrogens with one attached hydrogen (secondary N) is 1. The fourth-order valence-corrected chi connectivity index (χ4v) is 5.53. The number of sulfonamides is 1. The van der Waals surface area contributed by atoms with Crippen LogP contribution in [0, 0.1) is 6.92 Å². The third-order valence-corrected chi connectivity index (χ3v) is 7.74. The molecule has 0 aromatic heterocycles. The first-order chi connectivity index (χ1) is 19.2. The zero-order valence-corrected chi connectivity index (χ0v) is 25.9. The van der Waals surface area contributed by atoms with Crippen LogP contribution in [0.25, 0.3) is 0 Å². The number of carbonyl (C=O) groups is 2. The molecule has 0 radical (unpaired) electrons. The first kappa shape index (κ1) is 32.0. The second-order valence-electron chi connectivity index (χ2n) is 11.0. The molecule has 3 aromatic rings. The number of rotatable bonds is 11. The summed E-state index contributed by atoms with van der Waals surface area (Å²) in [6.07, 6.45) is 1.27. The Bertz CT molecular complexity index is 1470. The van der Waals surface area contributed by atoms with Crippen LogP contribution in [0.2, 0.25) is 5.02 Å². The topological polar surface area (TPSA) is 96.0 Å². The van der Waals surface area contributed by atoms with Crippen LogP contribution in [0.3, 0.4) is 0 Å². The van der Waals surface area contributed by atoms with Crippen molar-refractivity contribution in [3.8, 4) is 5.75 Å². The van der Waals surface area contributed by atoms with Gasteiger partial charge in [0, 0.05) is 18.5 Å². The van der Waals surface area contributed by atoms with Crippen molar-refractivity contribution in [2.75, 3.05) is 24.2 Å². The Kier molecular flexibility index (Phi) is 10.4. The molecular weight excluding hydrogens is 562 g/mol. The minimum atomic E-state index is -3.91. The number of benzene rings is 3. The van der Waals surface area contributed by atoms with Gasteiger partial charge in [0.05, 0.1) is 24.1 Å². The molecule has 0 aliphatic rings. The third kappa shape index (κ3) is 9.23. The lowest BCUT2D eigenvalue weighted by molar-refractivity contribution is -0.140. The summed E-state index contributed by atoms with van der Waals surface area (Å²) < 4.78 is 32.1. The van der Waals surface area contributed by atoms with Crippen LogP contribution in [0.4, 0.5) is 5.69 Å². The molecule has 0 saturated heterocycles. The fraction of sp³-hybridized carbons (Fsp3) is 0.355. The van der Waals surface area contributed by atoms with Gasteiger partial charge in [0.15, 0.2) is 0 Å². The molecule has 220 valence electrons. The quantitative estimate of drug-likeness (QED) is 0.335. The largest absolute Gasteiger partial charge is 0.495 e. The predicted molar refractivity (Wildman–Crippen MR) is 164 cm³/mol. The molecule has 3 rings (SSSR count). The summed E-state index contributed by atoms with van der Waals surface area (Å²) in [5.74, 6) is -0.493. The maximum atomic E-state index is 14.2. The van der Waals surface area contributed by atoms with E-state index in [2.05, 4.69) is 5.32 Å². The van der Waals surface area contributed by atoms with Gasteiger partial charge in [-0.15, -0.1) is 0 Å². The molecular formula is C31H38ClN3O5S. The van der Waals surface area contributed by atoms with Crippen LogP contribution < -0.4 is 14.4 Å². The van der Waals surface area contributed by atoms with E-state index >= 15 is 0 Å². The monoisotopic (exact) mass is 599 g/mol. The van der Waals surface area contributed by atoms with Crippen LogP contribution in [-0.2, 0) is 32.6 Å². The third-order valence-electron chi connectivity index (χ3n) is 6.31. The summed E-state index contributed by atoms with van der Waals surface area (Å²) in [6, 6.07) is 20.7. The fourth-order valence-electron chi connectivity index (χ4n) is 4.44. The highest BCUT2D eigenvalue weighted by molar-refractivity contribution is 7.92. The van der Waals surface area contributed by atoms with Crippen molar-refractivity contribution in [2.24, 2.45) is 0 Å². The highest BCUT2D eigenvalue weighted by atomic mass is 35.5. The summed E-state index contributed by atoms with van der Waals surface area (Å²) in [5.41, 5.74) is 2.34. The number of aryl methyl sites for hydroxylation is 1. The summed E-state index contributed by atoms with van der Waals surface area (Å²) in [4.78, 5) is 29.4. The second-order valence-corrected chi connectivity index (χ2v) is 13.4. The van der Waals surface area contributed by atoms with Gasteiger partial charge in [-0.05, 0) is 57.0 Å². The maximum absolute atomic E-state index is 14.2. The minimum Gasteiger partial charge on any atom is -0.495 e. The van der Waals surface area contributed by atoms with Crippen molar-refractivity contribution in [3.05, 3.63) is 94.5 Å². The standard InChI is InChI=1S/C31H38ClN3O5S/c1-22-11-10-14-24(17-22)20-34(27(30(37)33-31(2,3)4)18-23-12-8-7-9-13-23)29(36)21-35(41(6,38)39)25-15-16-28(40-5)26(32)19-25/h7-17,19,27H,18,20-21H2,1-6H3,(H,33,37)/t27-/m1/s1. The van der Waals surface area contributed by atoms with Crippen LogP contribution >= 0.6 is 11.6 Å². The SMILES string of the molecule is COc1ccc(N(CC(=O)N(Cc2cccc(C)c2)[C@H](Cc2ccccc2)C(=O)NC(C)(C)C)S(C)(=O)=O)cc1Cl. The number of hydrogen-bond acceptors (Lipinski definition) is 5. The number of methoxy groups -OCH3 is 1. The number of ether oxygens (including phenoxy) is 1. The van der Waals surface area contributed by atoms with Crippen molar-refractivity contribution < 1.29 is 22.7 Å². The van der Waals surface area contributed by atoms with E-state index in [0.717, 1.165) is 27.3 Å². The van der Waals surface area contributed by atoms with Crippen molar-refractivity contribution in [1.82, 2.24) is 10.2 Å². The van der Waals surface area contributed by atoms with E-state index in [9.17, 15) is 18.0 Å². The van der Waals surface area contributed by atoms with Crippen LogP contribution in [0.15, 0.2) is 72.8 Å². The van der Waals surface area contributed by atoms with E-state index < -0.39 is 34.1 Å². The predicted octanol–water partition coefficient (Wildman–Crippen LogP) is 4.98. The molecule has 0 unspecified atom stereocenters. The van der Waals surface area contributed by atoms with E-state index in [1.165, 1.54) is 24.1 Å². The Hall–Kier alpha value is -3.56. The van der Waals surface area contributed by atoms with Crippen molar-refractivity contribution in [2.45, 2.75) is 52.2 Å². The Morgan fingerprint density at radius 1 is 0.976 bits per heavy atom. The van der Waals surface area contributed by atoms with Gasteiger partial charge in [-0.25, -0.2) is 8.42 Å². The summed E-state index contributed by atoms with van der Waals surface area (Å²) >= 11 is 6.29. The zero-order valence-electron chi connectivity index (χ0n) is 24.3. The van der Waals surface area contributed by atoms with Crippen LogP contribution in [0.5, 0.6) is 5.75 Å². The first-order valence-corrected chi connectivity index (χ1v) is 15.4. The number of amides is 2. The van der Waals surface area contributed by atoms with E-state index in [-0.39, 0.29) is 29.6 Å². The van der Waals surface area contributed by atoms with Gasteiger partial charge in [-0.1, -0.05) is 71.8 Å². The molecule has 41 heavy (non-hydrogen) atoms. The number of carbonyl (C=O) groups excluding carboxylic acids is 2. The highest BCUT2D eigenvalue weighted by Gasteiger charge is 2.34. The molecule has 8 nitrogen and oxygen atoms in total. The molecule has 2 amide bonds. The number of anilines is 1. The molecule has 0 heterocycles. The molecule has 0 aliphatic carbocycles. The Morgan fingerprint density at radius 2 is 1.63 bits per heavy atom. The Morgan fingerprint density at radius 3 is 2.20 bits per heavy atom. The zero-order chi connectivity index (χ0) is 30.4. The normalized spacial score (nSPS) is 12.4. The van der Waals surface area contributed by atoms with Gasteiger partial charge in [0.2, 0.25) is 21.8 Å². The minimum absolute atomic E-state index is 0.108. The molecule has 1 N–H and O–H groups in total. The van der Waals surface area contributed by atoms with Gasteiger partial charge in [-0.2, -0.15) is 0 Å². The highest BCUT2D eigenvalue weighted by Crippen LogP contribution is 2.30. The number of hydrogen-bond donors (Lipinski definition) is 1. The van der Waals surface area contributed by atoms with E-state index in [4.69, 9.17) is 16.3 Å². The van der Waals surface area contributed by atoms with Gasteiger partial charge in [0.25, 0.3) is 0 Å². The van der Waals surface area contributed by atoms with Gasteiger partial charge >= 0.3 is 0 Å². The van der Waals surface area contributed by atoms with Gasteiger partial charge in [-0.3, -0.25) is 13.9 Å². The van der Waals surface area contributed by atoms with Crippen molar-refractivity contribution in [3.63, 3.8) is 0 Å². The number of nitrogens with zero attached hydrogens (tertiary/aromatic N) is 2. The second kappa shape index (κ2) is 13.4. The van der Waals surface area contributed by atoms with Crippen LogP contribution in [0.1, 0.15) is 37.5 Å². The smallest absolute Gasteiger partial charge is 0.244 e. The average molecular weight is 600 g/mol. The van der Waals surface area contributed by atoms with Crippen molar-refractivity contribution >= 4 is 39.1 Å². The van der Waals surface area contributed by atoms with E-state index in [0.29, 0.717) is 5.75 Å². The average Bonchev–Trinajstić information content (AvgIpc) is 2.88. The molecule has 3 aromatic carbocycles. The lowest BCUT2D eigenvalue weighted by atomic mass is 10.0. The van der Waals surface area contributed by atoms with Crippen molar-refractivity contribution in [1.29, 1.82) is 0 Å². The van der Waals surface area contributed by atoms with Gasteiger partial charge in [0.1, 0.15) is 18.3 Å². The Balaban J connectivity index is 2.09. The Labute approximate surface area is 248 Å². The molecule has 0 saturated carbocycles. The molecule has 0 spiro atoms. The van der Waals surface area contributed by atoms with E-state index in [1.807, 2.05) is 82.3 Å². The lowest BCUT2D eigenvalue weighted by Crippen LogP contribution is -2.56. The lowest BCUT2D eigenvalue weighted by Gasteiger charge is -2.35. The molecule has 0 aliphatic heterocycles.